The van der Waals surface area contributed by atoms with Crippen molar-refractivity contribution in [2.45, 2.75) is 37.6 Å². The molecule has 0 saturated carbocycles. The van der Waals surface area contributed by atoms with Gasteiger partial charge in [-0.15, -0.1) is 11.3 Å². The van der Waals surface area contributed by atoms with Gasteiger partial charge in [0.25, 0.3) is 0 Å². The van der Waals surface area contributed by atoms with Gasteiger partial charge in [-0.05, 0) is 25.7 Å². The van der Waals surface area contributed by atoms with Crippen LogP contribution in [0.15, 0.2) is 5.16 Å². The number of rotatable bonds is 5. The van der Waals surface area contributed by atoms with Gasteiger partial charge in [0.1, 0.15) is 16.5 Å². The van der Waals surface area contributed by atoms with E-state index >= 15 is 0 Å². The molecule has 2 aliphatic rings. The number of fused-ring (bicyclic) bond motifs is 5. The molecule has 0 radical (unpaired) electrons. The van der Waals surface area contributed by atoms with Crippen molar-refractivity contribution in [2.75, 3.05) is 55.9 Å². The largest absolute Gasteiger partial charge is 0.378 e. The number of aromatic nitrogens is 3. The third-order valence-corrected chi connectivity index (χ3v) is 7.40. The van der Waals surface area contributed by atoms with Gasteiger partial charge in [0, 0.05) is 43.5 Å². The maximum Gasteiger partial charge on any atom is 0.189 e. The fourth-order valence-electron chi connectivity index (χ4n) is 4.27. The minimum atomic E-state index is -0.228. The van der Waals surface area contributed by atoms with Gasteiger partial charge in [-0.25, -0.2) is 15.0 Å². The van der Waals surface area contributed by atoms with Gasteiger partial charge in [0.15, 0.2) is 5.16 Å². The molecule has 1 saturated heterocycles. The molecule has 2 aliphatic heterocycles. The Hall–Kier alpha value is -1.72. The lowest BCUT2D eigenvalue weighted by Gasteiger charge is -2.36. The highest BCUT2D eigenvalue weighted by atomic mass is 32.2. The molecule has 10 heteroatoms. The summed E-state index contributed by atoms with van der Waals surface area (Å²) in [6.07, 6.45) is 2.83. The molecule has 5 heterocycles. The van der Waals surface area contributed by atoms with Crippen molar-refractivity contribution in [3.63, 3.8) is 0 Å². The van der Waals surface area contributed by atoms with Crippen LogP contribution in [0.3, 0.4) is 0 Å². The van der Waals surface area contributed by atoms with Crippen LogP contribution in [-0.2, 0) is 22.5 Å². The summed E-state index contributed by atoms with van der Waals surface area (Å²) in [4.78, 5) is 18.1. The van der Waals surface area contributed by atoms with Crippen LogP contribution in [0.2, 0.25) is 0 Å². The van der Waals surface area contributed by atoms with Crippen molar-refractivity contribution >= 4 is 55.2 Å². The van der Waals surface area contributed by atoms with Crippen LogP contribution in [0.4, 0.5) is 11.6 Å². The highest BCUT2D eigenvalue weighted by molar-refractivity contribution is 7.98. The van der Waals surface area contributed by atoms with E-state index in [4.69, 9.17) is 30.2 Å². The van der Waals surface area contributed by atoms with Crippen LogP contribution >= 0.6 is 23.1 Å². The SMILES string of the molecule is CSc1nc(NCCN)c2sc3nc(N4CCOCC4)c4c(c3c2n1)CC(C)(C)OC4. The van der Waals surface area contributed by atoms with Crippen molar-refractivity contribution < 1.29 is 9.47 Å². The summed E-state index contributed by atoms with van der Waals surface area (Å²) in [5.74, 6) is 1.87. The number of hydrogen-bond acceptors (Lipinski definition) is 10. The summed E-state index contributed by atoms with van der Waals surface area (Å²) in [5.41, 5.74) is 8.99. The average Bonchev–Trinajstić information content (AvgIpc) is 3.15. The zero-order chi connectivity index (χ0) is 21.6. The standard InChI is InChI=1S/C21H28N6O2S2/c1-21(2)10-12-13(11-29-21)18(27-6-8-28-9-7-27)26-19-14(12)15-16(31-19)17(23-5-4-22)25-20(24-15)30-3/h4-11,22H2,1-3H3,(H,23,24,25). The molecule has 3 N–H and O–H groups in total. The Balaban J connectivity index is 1.78. The Morgan fingerprint density at radius 2 is 2.00 bits per heavy atom. The highest BCUT2D eigenvalue weighted by Crippen LogP contribution is 2.44. The molecule has 3 aromatic heterocycles. The van der Waals surface area contributed by atoms with Gasteiger partial charge < -0.3 is 25.4 Å². The molecule has 0 amide bonds. The number of ether oxygens (including phenoxy) is 2. The number of anilines is 2. The van der Waals surface area contributed by atoms with Crippen molar-refractivity contribution in [3.8, 4) is 0 Å². The van der Waals surface area contributed by atoms with Gasteiger partial charge in [-0.1, -0.05) is 11.8 Å². The number of nitrogens with zero attached hydrogens (tertiary/aromatic N) is 4. The van der Waals surface area contributed by atoms with E-state index in [-0.39, 0.29) is 5.60 Å². The average molecular weight is 461 g/mol. The lowest BCUT2D eigenvalue weighted by Crippen LogP contribution is -2.39. The van der Waals surface area contributed by atoms with E-state index < -0.39 is 0 Å². The summed E-state index contributed by atoms with van der Waals surface area (Å²) in [5, 5.41) is 5.29. The number of nitrogens with two attached hydrogens (primary N) is 1. The minimum absolute atomic E-state index is 0.228. The molecule has 1 fully saturated rings. The first-order chi connectivity index (χ1) is 15.0. The Labute approximate surface area is 189 Å². The van der Waals surface area contributed by atoms with Crippen LogP contribution < -0.4 is 16.0 Å². The highest BCUT2D eigenvalue weighted by Gasteiger charge is 2.33. The van der Waals surface area contributed by atoms with Crippen molar-refractivity contribution in [2.24, 2.45) is 5.73 Å². The minimum Gasteiger partial charge on any atom is -0.378 e. The van der Waals surface area contributed by atoms with E-state index in [1.54, 1.807) is 23.1 Å². The molecule has 0 unspecified atom stereocenters. The third kappa shape index (κ3) is 3.84. The predicted molar refractivity (Wildman–Crippen MR) is 128 cm³/mol. The van der Waals surface area contributed by atoms with E-state index in [0.717, 1.165) is 69.9 Å². The van der Waals surface area contributed by atoms with Gasteiger partial charge in [0.05, 0.1) is 35.6 Å². The molecule has 31 heavy (non-hydrogen) atoms. The van der Waals surface area contributed by atoms with Gasteiger partial charge in [-0.2, -0.15) is 0 Å². The maximum absolute atomic E-state index is 6.22. The summed E-state index contributed by atoms with van der Waals surface area (Å²) in [6.45, 7) is 9.23. The van der Waals surface area contributed by atoms with E-state index in [2.05, 4.69) is 24.1 Å². The van der Waals surface area contributed by atoms with Crippen molar-refractivity contribution in [3.05, 3.63) is 11.1 Å². The number of morpholine rings is 1. The monoisotopic (exact) mass is 460 g/mol. The molecule has 0 aliphatic carbocycles. The molecular formula is C21H28N6O2S2. The summed E-state index contributed by atoms with van der Waals surface area (Å²) in [6, 6.07) is 0. The first kappa shape index (κ1) is 21.1. The summed E-state index contributed by atoms with van der Waals surface area (Å²) in [7, 11) is 0. The fraction of sp³-hybridized carbons (Fsp3) is 0.571. The third-order valence-electron chi connectivity index (χ3n) is 5.78. The second-order valence-corrected chi connectivity index (χ2v) is 10.2. The number of thiophene rings is 1. The molecule has 166 valence electrons. The predicted octanol–water partition coefficient (Wildman–Crippen LogP) is 3.02. The molecule has 0 spiro atoms. The summed E-state index contributed by atoms with van der Waals surface area (Å²) < 4.78 is 12.8. The van der Waals surface area contributed by atoms with E-state index in [0.29, 0.717) is 19.7 Å². The summed E-state index contributed by atoms with van der Waals surface area (Å²) >= 11 is 3.21. The quantitative estimate of drug-likeness (QED) is 0.440. The normalized spacial score (nSPS) is 18.5. The van der Waals surface area contributed by atoms with Crippen molar-refractivity contribution in [1.82, 2.24) is 15.0 Å². The topological polar surface area (TPSA) is 98.4 Å². The van der Waals surface area contributed by atoms with E-state index in [1.165, 1.54) is 11.1 Å². The zero-order valence-corrected chi connectivity index (χ0v) is 19.8. The number of hydrogen-bond donors (Lipinski definition) is 2. The molecule has 0 bridgehead atoms. The smallest absolute Gasteiger partial charge is 0.189 e. The first-order valence-electron chi connectivity index (χ1n) is 10.6. The van der Waals surface area contributed by atoms with Crippen LogP contribution in [0, 0.1) is 0 Å². The van der Waals surface area contributed by atoms with Gasteiger partial charge in [-0.3, -0.25) is 0 Å². The maximum atomic E-state index is 6.22. The van der Waals surface area contributed by atoms with E-state index in [1.807, 2.05) is 6.26 Å². The lowest BCUT2D eigenvalue weighted by atomic mass is 9.90. The fourth-order valence-corrected chi connectivity index (χ4v) is 5.75. The molecule has 0 aromatic carbocycles. The molecule has 0 atom stereocenters. The van der Waals surface area contributed by atoms with Crippen molar-refractivity contribution in [1.29, 1.82) is 0 Å². The lowest BCUT2D eigenvalue weighted by molar-refractivity contribution is -0.0396. The molecule has 8 nitrogen and oxygen atoms in total. The zero-order valence-electron chi connectivity index (χ0n) is 18.2. The second kappa shape index (κ2) is 8.32. The van der Waals surface area contributed by atoms with Gasteiger partial charge >= 0.3 is 0 Å². The molecule has 5 rings (SSSR count). The Kier molecular flexibility index (Phi) is 5.68. The Morgan fingerprint density at radius 3 is 2.74 bits per heavy atom. The van der Waals surface area contributed by atoms with E-state index in [9.17, 15) is 0 Å². The number of thioether (sulfide) groups is 1. The van der Waals surface area contributed by atoms with Gasteiger partial charge in [0.2, 0.25) is 0 Å². The van der Waals surface area contributed by atoms with Crippen LogP contribution in [0.25, 0.3) is 20.4 Å². The molecular weight excluding hydrogens is 432 g/mol. The number of pyridine rings is 1. The Morgan fingerprint density at radius 1 is 1.19 bits per heavy atom. The van der Waals surface area contributed by atoms with Crippen LogP contribution in [-0.4, -0.2) is 66.2 Å². The van der Waals surface area contributed by atoms with Crippen LogP contribution in [0.1, 0.15) is 25.0 Å². The first-order valence-corrected chi connectivity index (χ1v) is 12.7. The molecule has 3 aromatic rings. The second-order valence-electron chi connectivity index (χ2n) is 8.45. The van der Waals surface area contributed by atoms with Crippen LogP contribution in [0.5, 0.6) is 0 Å². The Bertz CT molecular complexity index is 1130. The number of nitrogens with one attached hydrogen (secondary N) is 1.